The first kappa shape index (κ1) is 12.8. The number of hydrogen-bond acceptors (Lipinski definition) is 4. The first-order chi connectivity index (χ1) is 10.4. The lowest BCUT2D eigenvalue weighted by atomic mass is 9.66. The van der Waals surface area contributed by atoms with Crippen LogP contribution in [0.15, 0.2) is 48.7 Å². The van der Waals surface area contributed by atoms with E-state index in [1.165, 1.54) is 25.1 Å². The molecule has 1 saturated carbocycles. The lowest BCUT2D eigenvalue weighted by Gasteiger charge is -2.54. The molecule has 108 valence electrons. The summed E-state index contributed by atoms with van der Waals surface area (Å²) in [5.41, 5.74) is 1.41. The van der Waals surface area contributed by atoms with Crippen LogP contribution >= 0.6 is 0 Å². The Balaban J connectivity index is 1.36. The molecular formula is C17H20N4. The Labute approximate surface area is 125 Å². The topological polar surface area (TPSA) is 41.0 Å². The van der Waals surface area contributed by atoms with Crippen LogP contribution in [0.25, 0.3) is 0 Å². The van der Waals surface area contributed by atoms with Gasteiger partial charge in [0.25, 0.3) is 0 Å². The molecule has 4 heteroatoms. The highest BCUT2D eigenvalue weighted by Crippen LogP contribution is 2.41. The summed E-state index contributed by atoms with van der Waals surface area (Å²) in [6, 6.07) is 15.3. The number of fused-ring (bicyclic) bond motifs is 2. The van der Waals surface area contributed by atoms with Gasteiger partial charge in [-0.15, -0.1) is 5.10 Å². The Morgan fingerprint density at radius 1 is 1.05 bits per heavy atom. The number of nitrogens with zero attached hydrogens (tertiary/aromatic N) is 3. The number of anilines is 1. The van der Waals surface area contributed by atoms with Crippen molar-refractivity contribution in [1.29, 1.82) is 0 Å². The molecule has 2 saturated heterocycles. The summed E-state index contributed by atoms with van der Waals surface area (Å²) in [4.78, 5) is 2.59. The minimum Gasteiger partial charge on any atom is -0.365 e. The fourth-order valence-electron chi connectivity index (χ4n) is 3.74. The van der Waals surface area contributed by atoms with Crippen LogP contribution in [0.5, 0.6) is 0 Å². The molecule has 4 nitrogen and oxygen atoms in total. The molecule has 3 aliphatic rings. The average molecular weight is 280 g/mol. The van der Waals surface area contributed by atoms with Gasteiger partial charge in [-0.1, -0.05) is 30.3 Å². The van der Waals surface area contributed by atoms with E-state index in [1.807, 2.05) is 12.1 Å². The van der Waals surface area contributed by atoms with Gasteiger partial charge in [0.15, 0.2) is 0 Å². The molecule has 2 unspecified atom stereocenters. The van der Waals surface area contributed by atoms with E-state index in [9.17, 15) is 0 Å². The van der Waals surface area contributed by atoms with Gasteiger partial charge < -0.3 is 5.32 Å². The van der Waals surface area contributed by atoms with Gasteiger partial charge in [0.2, 0.25) is 0 Å². The van der Waals surface area contributed by atoms with E-state index in [4.69, 9.17) is 0 Å². The third kappa shape index (κ3) is 2.63. The molecular weight excluding hydrogens is 260 g/mol. The third-order valence-corrected chi connectivity index (χ3v) is 4.74. The monoisotopic (exact) mass is 280 g/mol. The van der Waals surface area contributed by atoms with Crippen LogP contribution in [0.3, 0.4) is 0 Å². The maximum absolute atomic E-state index is 4.14. The highest BCUT2D eigenvalue weighted by molar-refractivity contribution is 5.35. The maximum atomic E-state index is 4.14. The molecule has 1 aromatic heterocycles. The summed E-state index contributed by atoms with van der Waals surface area (Å²) in [5, 5.41) is 11.6. The molecule has 1 aliphatic carbocycles. The molecule has 2 bridgehead atoms. The van der Waals surface area contributed by atoms with Gasteiger partial charge in [-0.2, -0.15) is 5.10 Å². The van der Waals surface area contributed by atoms with E-state index in [0.29, 0.717) is 6.04 Å². The van der Waals surface area contributed by atoms with Gasteiger partial charge in [-0.3, -0.25) is 4.90 Å². The van der Waals surface area contributed by atoms with Gasteiger partial charge in [-0.25, -0.2) is 0 Å². The number of aromatic nitrogens is 2. The second-order valence-electron chi connectivity index (χ2n) is 6.21. The predicted octanol–water partition coefficient (Wildman–Crippen LogP) is 2.41. The SMILES string of the molecule is c1ccc(CN2CC3CC(C2)C3Nc2cccnn2)cc1. The van der Waals surface area contributed by atoms with Crippen molar-refractivity contribution in [2.45, 2.75) is 19.0 Å². The first-order valence-electron chi connectivity index (χ1n) is 7.69. The van der Waals surface area contributed by atoms with E-state index >= 15 is 0 Å². The maximum Gasteiger partial charge on any atom is 0.148 e. The second kappa shape index (κ2) is 5.45. The molecule has 1 N–H and O–H groups in total. The molecule has 21 heavy (non-hydrogen) atoms. The van der Waals surface area contributed by atoms with Crippen molar-refractivity contribution in [2.24, 2.45) is 11.8 Å². The van der Waals surface area contributed by atoms with Crippen LogP contribution in [0.1, 0.15) is 12.0 Å². The van der Waals surface area contributed by atoms with E-state index < -0.39 is 0 Å². The van der Waals surface area contributed by atoms with Gasteiger partial charge in [-0.05, 0) is 36.0 Å². The summed E-state index contributed by atoms with van der Waals surface area (Å²) < 4.78 is 0. The standard InChI is InChI=1S/C17H20N4/c1-2-5-13(6-3-1)10-21-11-14-9-15(12-21)17(14)19-16-7-4-8-18-20-16/h1-8,14-15,17H,9-12H2,(H,19,20). The van der Waals surface area contributed by atoms with Gasteiger partial charge in [0.1, 0.15) is 5.82 Å². The van der Waals surface area contributed by atoms with E-state index in [1.54, 1.807) is 6.20 Å². The fraction of sp³-hybridized carbons (Fsp3) is 0.412. The van der Waals surface area contributed by atoms with E-state index in [0.717, 1.165) is 24.2 Å². The zero-order valence-electron chi connectivity index (χ0n) is 12.0. The highest BCUT2D eigenvalue weighted by atomic mass is 15.2. The van der Waals surface area contributed by atoms with Crippen LogP contribution in [0.4, 0.5) is 5.82 Å². The first-order valence-corrected chi connectivity index (χ1v) is 7.69. The zero-order chi connectivity index (χ0) is 14.1. The molecule has 0 amide bonds. The molecule has 5 rings (SSSR count). The van der Waals surface area contributed by atoms with Crippen molar-refractivity contribution in [3.8, 4) is 0 Å². The number of hydrogen-bond donors (Lipinski definition) is 1. The van der Waals surface area contributed by atoms with Crippen molar-refractivity contribution in [1.82, 2.24) is 15.1 Å². The predicted molar refractivity (Wildman–Crippen MR) is 82.8 cm³/mol. The molecule has 2 aliphatic heterocycles. The molecule has 1 aromatic carbocycles. The number of piperidine rings is 2. The molecule has 3 fully saturated rings. The lowest BCUT2D eigenvalue weighted by molar-refractivity contribution is 0.00733. The largest absolute Gasteiger partial charge is 0.365 e. The quantitative estimate of drug-likeness (QED) is 0.934. The number of rotatable bonds is 4. The van der Waals surface area contributed by atoms with Crippen LogP contribution < -0.4 is 5.32 Å². The molecule has 2 atom stereocenters. The molecule has 2 aromatic rings. The van der Waals surface area contributed by atoms with Crippen LogP contribution in [0, 0.1) is 11.8 Å². The van der Waals surface area contributed by atoms with Crippen molar-refractivity contribution in [3.63, 3.8) is 0 Å². The van der Waals surface area contributed by atoms with Crippen molar-refractivity contribution in [3.05, 3.63) is 54.2 Å². The fourth-order valence-corrected chi connectivity index (χ4v) is 3.74. The Bertz CT molecular complexity index is 574. The van der Waals surface area contributed by atoms with Crippen LogP contribution in [-0.4, -0.2) is 34.2 Å². The lowest BCUT2D eigenvalue weighted by Crippen LogP contribution is -2.60. The summed E-state index contributed by atoms with van der Waals surface area (Å²) >= 11 is 0. The molecule has 0 spiro atoms. The highest BCUT2D eigenvalue weighted by Gasteiger charge is 2.46. The Morgan fingerprint density at radius 2 is 1.86 bits per heavy atom. The van der Waals surface area contributed by atoms with Crippen LogP contribution in [0.2, 0.25) is 0 Å². The van der Waals surface area contributed by atoms with Crippen molar-refractivity contribution < 1.29 is 0 Å². The van der Waals surface area contributed by atoms with Gasteiger partial charge >= 0.3 is 0 Å². The summed E-state index contributed by atoms with van der Waals surface area (Å²) in [7, 11) is 0. The van der Waals surface area contributed by atoms with Crippen molar-refractivity contribution in [2.75, 3.05) is 18.4 Å². The van der Waals surface area contributed by atoms with Crippen LogP contribution in [-0.2, 0) is 6.54 Å². The number of benzene rings is 1. The summed E-state index contributed by atoms with van der Waals surface area (Å²) in [6.07, 6.45) is 3.07. The third-order valence-electron chi connectivity index (χ3n) is 4.74. The van der Waals surface area contributed by atoms with Crippen molar-refractivity contribution >= 4 is 5.82 Å². The zero-order valence-corrected chi connectivity index (χ0v) is 12.0. The normalized spacial score (nSPS) is 27.9. The van der Waals surface area contributed by atoms with Gasteiger partial charge in [0, 0.05) is 31.9 Å². The smallest absolute Gasteiger partial charge is 0.148 e. The Kier molecular flexibility index (Phi) is 3.31. The molecule has 0 radical (unpaired) electrons. The minimum absolute atomic E-state index is 0.578. The number of nitrogens with one attached hydrogen (secondary N) is 1. The summed E-state index contributed by atoms with van der Waals surface area (Å²) in [5.74, 6) is 2.40. The Hall–Kier alpha value is -1.94. The van der Waals surface area contributed by atoms with E-state index in [-0.39, 0.29) is 0 Å². The molecule has 3 heterocycles. The Morgan fingerprint density at radius 3 is 2.57 bits per heavy atom. The average Bonchev–Trinajstić information content (AvgIpc) is 2.55. The van der Waals surface area contributed by atoms with Gasteiger partial charge in [0.05, 0.1) is 0 Å². The van der Waals surface area contributed by atoms with E-state index in [2.05, 4.69) is 50.7 Å². The summed E-state index contributed by atoms with van der Waals surface area (Å²) in [6.45, 7) is 3.44. The minimum atomic E-state index is 0.578. The second-order valence-corrected chi connectivity index (χ2v) is 6.21.